The Balaban J connectivity index is 1.85. The maximum absolute atomic E-state index is 13.6. The number of nitrogens with zero attached hydrogens (tertiary/aromatic N) is 2. The normalized spacial score (nSPS) is 10.6. The Morgan fingerprint density at radius 1 is 1.05 bits per heavy atom. The van der Waals surface area contributed by atoms with E-state index in [4.69, 9.17) is 0 Å². The van der Waals surface area contributed by atoms with Crippen LogP contribution in [-0.2, 0) is 6.54 Å². The summed E-state index contributed by atoms with van der Waals surface area (Å²) in [7, 11) is 0. The Kier molecular flexibility index (Phi) is 3.64. The molecular weight excluding hydrogens is 272 g/mol. The predicted octanol–water partition coefficient (Wildman–Crippen LogP) is 3.76. The molecule has 0 radical (unpaired) electrons. The van der Waals surface area contributed by atoms with Crippen molar-refractivity contribution in [3.8, 4) is 5.69 Å². The molecule has 1 N–H and O–H groups in total. The number of rotatable bonds is 4. The minimum atomic E-state index is -0.836. The molecule has 1 heterocycles. The summed E-state index contributed by atoms with van der Waals surface area (Å²) >= 11 is 0. The minimum absolute atomic E-state index is 0.204. The standard InChI is InChI=1S/C16H13F2N3/c17-13-5-3-4-12(16(13)18)10-20-14-6-1-2-7-15(14)21-9-8-19-11-21/h1-9,11,20H,10H2. The molecule has 0 fully saturated rings. The van der Waals surface area contributed by atoms with Crippen molar-refractivity contribution in [1.82, 2.24) is 9.55 Å². The number of hydrogen-bond acceptors (Lipinski definition) is 2. The molecule has 1 aromatic heterocycles. The van der Waals surface area contributed by atoms with Crippen LogP contribution in [0.3, 0.4) is 0 Å². The second-order valence-corrected chi connectivity index (χ2v) is 4.55. The molecule has 3 nitrogen and oxygen atoms in total. The van der Waals surface area contributed by atoms with Gasteiger partial charge in [-0.05, 0) is 18.2 Å². The summed E-state index contributed by atoms with van der Waals surface area (Å²) in [5.41, 5.74) is 2.00. The number of anilines is 1. The van der Waals surface area contributed by atoms with E-state index in [0.717, 1.165) is 17.4 Å². The van der Waals surface area contributed by atoms with Crippen LogP contribution in [0.25, 0.3) is 5.69 Å². The number of hydrogen-bond donors (Lipinski definition) is 1. The third-order valence-corrected chi connectivity index (χ3v) is 3.19. The van der Waals surface area contributed by atoms with Gasteiger partial charge in [-0.1, -0.05) is 24.3 Å². The van der Waals surface area contributed by atoms with E-state index < -0.39 is 11.6 Å². The van der Waals surface area contributed by atoms with Crippen LogP contribution < -0.4 is 5.32 Å². The van der Waals surface area contributed by atoms with Gasteiger partial charge in [0, 0.05) is 24.5 Å². The fourth-order valence-corrected chi connectivity index (χ4v) is 2.13. The molecule has 3 rings (SSSR count). The lowest BCUT2D eigenvalue weighted by molar-refractivity contribution is 0.500. The molecule has 0 spiro atoms. The first kappa shape index (κ1) is 13.3. The van der Waals surface area contributed by atoms with E-state index in [-0.39, 0.29) is 12.1 Å². The van der Waals surface area contributed by atoms with Crippen molar-refractivity contribution in [2.45, 2.75) is 6.54 Å². The van der Waals surface area contributed by atoms with Crippen molar-refractivity contribution in [2.24, 2.45) is 0 Å². The number of para-hydroxylation sites is 2. The van der Waals surface area contributed by atoms with Crippen LogP contribution in [0, 0.1) is 11.6 Å². The van der Waals surface area contributed by atoms with Gasteiger partial charge in [0.1, 0.15) is 0 Å². The van der Waals surface area contributed by atoms with Crippen LogP contribution in [-0.4, -0.2) is 9.55 Å². The van der Waals surface area contributed by atoms with Crippen LogP contribution in [0.1, 0.15) is 5.56 Å². The van der Waals surface area contributed by atoms with Gasteiger partial charge in [-0.2, -0.15) is 0 Å². The van der Waals surface area contributed by atoms with Gasteiger partial charge < -0.3 is 9.88 Å². The molecule has 0 aliphatic rings. The average Bonchev–Trinajstić information content (AvgIpc) is 3.03. The quantitative estimate of drug-likeness (QED) is 0.791. The Labute approximate surface area is 120 Å². The number of halogens is 2. The van der Waals surface area contributed by atoms with Crippen LogP contribution >= 0.6 is 0 Å². The molecular formula is C16H13F2N3. The van der Waals surface area contributed by atoms with Gasteiger partial charge in [-0.15, -0.1) is 0 Å². The highest BCUT2D eigenvalue weighted by molar-refractivity contribution is 5.61. The molecule has 0 aliphatic carbocycles. The summed E-state index contributed by atoms with van der Waals surface area (Å²) in [6.07, 6.45) is 5.19. The molecule has 106 valence electrons. The number of imidazole rings is 1. The van der Waals surface area contributed by atoms with Crippen molar-refractivity contribution in [1.29, 1.82) is 0 Å². The third kappa shape index (κ3) is 2.76. The predicted molar refractivity (Wildman–Crippen MR) is 77.2 cm³/mol. The van der Waals surface area contributed by atoms with E-state index in [9.17, 15) is 8.78 Å². The van der Waals surface area contributed by atoms with E-state index in [1.54, 1.807) is 18.6 Å². The largest absolute Gasteiger partial charge is 0.379 e. The molecule has 0 amide bonds. The molecule has 0 unspecified atom stereocenters. The van der Waals surface area contributed by atoms with Crippen LogP contribution in [0.2, 0.25) is 0 Å². The molecule has 21 heavy (non-hydrogen) atoms. The Bertz CT molecular complexity index is 739. The average molecular weight is 285 g/mol. The Morgan fingerprint density at radius 3 is 2.71 bits per heavy atom. The fraction of sp³-hybridized carbons (Fsp3) is 0.0625. The molecule has 0 saturated heterocycles. The van der Waals surface area contributed by atoms with Gasteiger partial charge in [0.25, 0.3) is 0 Å². The first-order valence-corrected chi connectivity index (χ1v) is 6.50. The van der Waals surface area contributed by atoms with E-state index in [2.05, 4.69) is 10.3 Å². The fourth-order valence-electron chi connectivity index (χ4n) is 2.13. The second-order valence-electron chi connectivity index (χ2n) is 4.55. The van der Waals surface area contributed by atoms with Gasteiger partial charge >= 0.3 is 0 Å². The van der Waals surface area contributed by atoms with Gasteiger partial charge in [-0.25, -0.2) is 13.8 Å². The zero-order chi connectivity index (χ0) is 14.7. The zero-order valence-electron chi connectivity index (χ0n) is 11.1. The molecule has 3 aromatic rings. The summed E-state index contributed by atoms with van der Waals surface area (Å²) in [6.45, 7) is 0.204. The molecule has 0 aliphatic heterocycles. The molecule has 0 atom stereocenters. The molecule has 5 heteroatoms. The summed E-state index contributed by atoms with van der Waals surface area (Å²) in [6, 6.07) is 11.8. The van der Waals surface area contributed by atoms with Gasteiger partial charge in [0.15, 0.2) is 11.6 Å². The maximum Gasteiger partial charge on any atom is 0.163 e. The van der Waals surface area contributed by atoms with Gasteiger partial charge in [0.2, 0.25) is 0 Å². The van der Waals surface area contributed by atoms with Crippen molar-refractivity contribution in [3.05, 3.63) is 78.4 Å². The second kappa shape index (κ2) is 5.75. The third-order valence-electron chi connectivity index (χ3n) is 3.19. The summed E-state index contributed by atoms with van der Waals surface area (Å²) in [5, 5.41) is 3.13. The number of benzene rings is 2. The lowest BCUT2D eigenvalue weighted by Gasteiger charge is -2.13. The van der Waals surface area contributed by atoms with E-state index in [1.807, 2.05) is 35.0 Å². The van der Waals surface area contributed by atoms with Crippen LogP contribution in [0.15, 0.2) is 61.2 Å². The zero-order valence-corrected chi connectivity index (χ0v) is 11.1. The highest BCUT2D eigenvalue weighted by atomic mass is 19.2. The van der Waals surface area contributed by atoms with E-state index in [1.165, 1.54) is 6.07 Å². The molecule has 0 bridgehead atoms. The van der Waals surface area contributed by atoms with Crippen molar-refractivity contribution < 1.29 is 8.78 Å². The van der Waals surface area contributed by atoms with Crippen LogP contribution in [0.5, 0.6) is 0 Å². The summed E-state index contributed by atoms with van der Waals surface area (Å²) in [4.78, 5) is 4.01. The first-order valence-electron chi connectivity index (χ1n) is 6.50. The molecule has 2 aromatic carbocycles. The SMILES string of the molecule is Fc1cccc(CNc2ccccc2-n2ccnc2)c1F. The Morgan fingerprint density at radius 2 is 1.90 bits per heavy atom. The first-order chi connectivity index (χ1) is 10.3. The minimum Gasteiger partial charge on any atom is -0.379 e. The van der Waals surface area contributed by atoms with Crippen LogP contribution in [0.4, 0.5) is 14.5 Å². The van der Waals surface area contributed by atoms with Crippen molar-refractivity contribution >= 4 is 5.69 Å². The monoisotopic (exact) mass is 285 g/mol. The summed E-state index contributed by atoms with van der Waals surface area (Å²) in [5.74, 6) is -1.65. The lowest BCUT2D eigenvalue weighted by atomic mass is 10.2. The van der Waals surface area contributed by atoms with E-state index >= 15 is 0 Å². The van der Waals surface area contributed by atoms with E-state index in [0.29, 0.717) is 0 Å². The number of aromatic nitrogens is 2. The maximum atomic E-state index is 13.6. The van der Waals surface area contributed by atoms with Gasteiger partial charge in [-0.3, -0.25) is 0 Å². The lowest BCUT2D eigenvalue weighted by Crippen LogP contribution is -2.06. The highest BCUT2D eigenvalue weighted by Gasteiger charge is 2.08. The van der Waals surface area contributed by atoms with Crippen molar-refractivity contribution in [2.75, 3.05) is 5.32 Å². The van der Waals surface area contributed by atoms with Gasteiger partial charge in [0.05, 0.1) is 17.7 Å². The topological polar surface area (TPSA) is 29.9 Å². The highest BCUT2D eigenvalue weighted by Crippen LogP contribution is 2.21. The molecule has 0 saturated carbocycles. The smallest absolute Gasteiger partial charge is 0.163 e. The van der Waals surface area contributed by atoms with Crippen molar-refractivity contribution in [3.63, 3.8) is 0 Å². The summed E-state index contributed by atoms with van der Waals surface area (Å²) < 4.78 is 28.7. The Hall–Kier alpha value is -2.69. The number of nitrogens with one attached hydrogen (secondary N) is 1.